The van der Waals surface area contributed by atoms with Gasteiger partial charge in [0.1, 0.15) is 5.54 Å². The van der Waals surface area contributed by atoms with Gasteiger partial charge in [-0.15, -0.1) is 0 Å². The molecule has 2 fully saturated rings. The quantitative estimate of drug-likeness (QED) is 0.413. The second-order valence-corrected chi connectivity index (χ2v) is 4.85. The summed E-state index contributed by atoms with van der Waals surface area (Å²) in [6.45, 7) is 0. The van der Waals surface area contributed by atoms with Crippen LogP contribution < -0.4 is 16.4 Å². The van der Waals surface area contributed by atoms with Crippen LogP contribution in [-0.2, 0) is 9.59 Å². The zero-order chi connectivity index (χ0) is 13.7. The summed E-state index contributed by atoms with van der Waals surface area (Å²) in [4.78, 5) is 33.4. The van der Waals surface area contributed by atoms with Crippen molar-refractivity contribution in [3.05, 3.63) is 0 Å². The minimum absolute atomic E-state index is 0.0505. The summed E-state index contributed by atoms with van der Waals surface area (Å²) in [5.41, 5.74) is 4.22. The van der Waals surface area contributed by atoms with Gasteiger partial charge in [0.2, 0.25) is 0 Å². The fraction of sp³-hybridized carbons (Fsp3) is 0.700. The molecule has 5 atom stereocenters. The lowest BCUT2D eigenvalue weighted by atomic mass is 9.90. The van der Waals surface area contributed by atoms with E-state index < -0.39 is 47.3 Å². The number of aliphatic carboxylic acids is 2. The smallest absolute Gasteiger partial charge is 0.324 e. The molecule has 8 heteroatoms. The van der Waals surface area contributed by atoms with Crippen LogP contribution in [0.25, 0.3) is 0 Å². The zero-order valence-electron chi connectivity index (χ0n) is 9.71. The highest BCUT2D eigenvalue weighted by molar-refractivity contribution is 5.86. The topological polar surface area (TPSA) is 142 Å². The molecule has 0 radical (unpaired) electrons. The minimum atomic E-state index is -1.57. The normalized spacial score (nSPS) is 40.8. The van der Waals surface area contributed by atoms with Crippen molar-refractivity contribution in [1.82, 2.24) is 10.6 Å². The van der Waals surface area contributed by atoms with E-state index in [4.69, 9.17) is 15.9 Å². The van der Waals surface area contributed by atoms with Crippen LogP contribution in [0.15, 0.2) is 0 Å². The van der Waals surface area contributed by atoms with Gasteiger partial charge >= 0.3 is 18.0 Å². The van der Waals surface area contributed by atoms with E-state index in [9.17, 15) is 14.4 Å². The molecule has 0 spiro atoms. The molecule has 8 nitrogen and oxygen atoms in total. The maximum Gasteiger partial charge on any atom is 0.324 e. The van der Waals surface area contributed by atoms with Gasteiger partial charge in [-0.25, -0.2) is 4.79 Å². The number of fused-ring (bicyclic) bond motifs is 1. The number of carboxylic acids is 2. The molecule has 0 aromatic heterocycles. The van der Waals surface area contributed by atoms with Crippen molar-refractivity contribution in [2.24, 2.45) is 23.5 Å². The fourth-order valence-corrected chi connectivity index (χ4v) is 3.07. The van der Waals surface area contributed by atoms with Crippen LogP contribution in [0.4, 0.5) is 4.79 Å². The van der Waals surface area contributed by atoms with Crippen molar-refractivity contribution >= 4 is 18.0 Å². The number of hydrogen-bond donors (Lipinski definition) is 5. The standard InChI is InChI=1S/C10H15N3O5/c1-12-9(18)13-3-2-10(11,8(16)17)6-4(3)5(6)7(14)15/h3-6H,2,11H2,1H3,(H,14,15)(H,16,17)(H2,12,13,18)/t3-,4?,5+,6?,10+/m1/s1. The number of amides is 2. The molecule has 2 amide bonds. The monoisotopic (exact) mass is 257 g/mol. The van der Waals surface area contributed by atoms with Crippen molar-refractivity contribution in [2.45, 2.75) is 18.0 Å². The SMILES string of the molecule is CNC(=O)N[C@@H]1C[C@@](N)(C(=O)O)C2C1[C@@H]2C(=O)O. The number of rotatable bonds is 3. The lowest BCUT2D eigenvalue weighted by Crippen LogP contribution is -2.53. The molecule has 0 heterocycles. The maximum atomic E-state index is 11.2. The van der Waals surface area contributed by atoms with Gasteiger partial charge in [0.05, 0.1) is 5.92 Å². The van der Waals surface area contributed by atoms with Gasteiger partial charge < -0.3 is 26.6 Å². The third-order valence-electron chi connectivity index (χ3n) is 3.92. The largest absolute Gasteiger partial charge is 0.481 e. The predicted octanol–water partition coefficient (Wildman–Crippen LogP) is -1.58. The summed E-state index contributed by atoms with van der Waals surface area (Å²) >= 11 is 0. The van der Waals surface area contributed by atoms with Gasteiger partial charge in [-0.05, 0) is 12.3 Å². The van der Waals surface area contributed by atoms with E-state index in [0.29, 0.717) is 0 Å². The van der Waals surface area contributed by atoms with E-state index >= 15 is 0 Å². The van der Waals surface area contributed by atoms with Gasteiger partial charge in [0, 0.05) is 19.0 Å². The summed E-state index contributed by atoms with van der Waals surface area (Å²) in [6.07, 6.45) is 0.0505. The van der Waals surface area contributed by atoms with Crippen molar-refractivity contribution in [3.63, 3.8) is 0 Å². The van der Waals surface area contributed by atoms with E-state index in [1.54, 1.807) is 0 Å². The van der Waals surface area contributed by atoms with Crippen molar-refractivity contribution in [1.29, 1.82) is 0 Å². The van der Waals surface area contributed by atoms with E-state index in [1.165, 1.54) is 7.05 Å². The predicted molar refractivity (Wildman–Crippen MR) is 58.7 cm³/mol. The molecular formula is C10H15N3O5. The minimum Gasteiger partial charge on any atom is -0.481 e. The number of nitrogens with two attached hydrogens (primary N) is 1. The van der Waals surface area contributed by atoms with E-state index in [0.717, 1.165) is 0 Å². The van der Waals surface area contributed by atoms with E-state index in [1.807, 2.05) is 0 Å². The first-order chi connectivity index (χ1) is 8.32. The first-order valence-corrected chi connectivity index (χ1v) is 5.56. The lowest BCUT2D eigenvalue weighted by molar-refractivity contribution is -0.145. The first-order valence-electron chi connectivity index (χ1n) is 5.56. The number of carbonyl (C=O) groups excluding carboxylic acids is 1. The van der Waals surface area contributed by atoms with Gasteiger partial charge in [-0.1, -0.05) is 0 Å². The molecule has 0 saturated heterocycles. The molecule has 100 valence electrons. The Labute approximate surface area is 103 Å². The third kappa shape index (κ3) is 1.60. The summed E-state index contributed by atoms with van der Waals surface area (Å²) in [5.74, 6) is -4.09. The molecule has 0 aromatic rings. The average Bonchev–Trinajstić information content (AvgIpc) is 2.97. The van der Waals surface area contributed by atoms with Crippen molar-refractivity contribution in [2.75, 3.05) is 7.05 Å². The number of hydrogen-bond acceptors (Lipinski definition) is 4. The van der Waals surface area contributed by atoms with E-state index in [-0.39, 0.29) is 6.42 Å². The Bertz CT molecular complexity index is 426. The van der Waals surface area contributed by atoms with Crippen LogP contribution in [0.5, 0.6) is 0 Å². The summed E-state index contributed by atoms with van der Waals surface area (Å²) in [6, 6.07) is -0.985. The third-order valence-corrected chi connectivity index (χ3v) is 3.92. The van der Waals surface area contributed by atoms with Gasteiger partial charge in [0.15, 0.2) is 0 Å². The Hall–Kier alpha value is -1.83. The van der Waals surface area contributed by atoms with E-state index in [2.05, 4.69) is 10.6 Å². The Kier molecular flexibility index (Phi) is 2.69. The molecule has 2 aliphatic rings. The van der Waals surface area contributed by atoms with Gasteiger partial charge in [-0.2, -0.15) is 0 Å². The molecule has 2 unspecified atom stereocenters. The number of nitrogens with one attached hydrogen (secondary N) is 2. The molecule has 6 N–H and O–H groups in total. The summed E-state index contributed by atoms with van der Waals surface area (Å²) in [5, 5.41) is 23.0. The molecule has 0 bridgehead atoms. The number of carboxylic acid groups (broad SMARTS) is 2. The van der Waals surface area contributed by atoms with Crippen molar-refractivity contribution in [3.8, 4) is 0 Å². The summed E-state index contributed by atoms with van der Waals surface area (Å²) in [7, 11) is 1.43. The highest BCUT2D eigenvalue weighted by Crippen LogP contribution is 2.61. The highest BCUT2D eigenvalue weighted by atomic mass is 16.4. The second kappa shape index (κ2) is 3.84. The number of carbonyl (C=O) groups is 3. The molecule has 0 aromatic carbocycles. The van der Waals surface area contributed by atoms with Crippen LogP contribution in [-0.4, -0.2) is 46.8 Å². The molecule has 18 heavy (non-hydrogen) atoms. The lowest BCUT2D eigenvalue weighted by Gasteiger charge is -2.24. The first kappa shape index (κ1) is 12.6. The Balaban J connectivity index is 2.19. The van der Waals surface area contributed by atoms with Crippen molar-refractivity contribution < 1.29 is 24.6 Å². The van der Waals surface area contributed by atoms with Crippen LogP contribution in [0.1, 0.15) is 6.42 Å². The molecule has 0 aliphatic heterocycles. The van der Waals surface area contributed by atoms with Gasteiger partial charge in [0.25, 0.3) is 0 Å². The zero-order valence-corrected chi connectivity index (χ0v) is 9.71. The molecule has 2 saturated carbocycles. The summed E-state index contributed by atoms with van der Waals surface area (Å²) < 4.78 is 0. The van der Waals surface area contributed by atoms with Crippen LogP contribution in [0, 0.1) is 17.8 Å². The van der Waals surface area contributed by atoms with Crippen LogP contribution in [0.3, 0.4) is 0 Å². The fourth-order valence-electron chi connectivity index (χ4n) is 3.07. The van der Waals surface area contributed by atoms with Crippen LogP contribution in [0.2, 0.25) is 0 Å². The Morgan fingerprint density at radius 3 is 2.39 bits per heavy atom. The molecule has 2 aliphatic carbocycles. The van der Waals surface area contributed by atoms with Crippen LogP contribution >= 0.6 is 0 Å². The maximum absolute atomic E-state index is 11.2. The molecule has 2 rings (SSSR count). The Morgan fingerprint density at radius 1 is 1.33 bits per heavy atom. The van der Waals surface area contributed by atoms with Gasteiger partial charge in [-0.3, -0.25) is 9.59 Å². The number of urea groups is 1. The highest BCUT2D eigenvalue weighted by Gasteiger charge is 2.74. The average molecular weight is 257 g/mol. The second-order valence-electron chi connectivity index (χ2n) is 4.85. The molecular weight excluding hydrogens is 242 g/mol. The Morgan fingerprint density at radius 2 is 1.94 bits per heavy atom.